The first-order valence-electron chi connectivity index (χ1n) is 11.7. The van der Waals surface area contributed by atoms with E-state index in [0.717, 1.165) is 44.0 Å². The minimum Gasteiger partial charge on any atom is -0.337 e. The van der Waals surface area contributed by atoms with Gasteiger partial charge in [-0.1, -0.05) is 32.1 Å². The summed E-state index contributed by atoms with van der Waals surface area (Å²) in [4.78, 5) is 30.5. The molecule has 0 unspecified atom stereocenters. The number of aromatic amines is 1. The topological polar surface area (TPSA) is 69.3 Å². The minimum absolute atomic E-state index is 0.0519. The third-order valence-electron chi connectivity index (χ3n) is 8.01. The van der Waals surface area contributed by atoms with E-state index in [1.807, 2.05) is 17.9 Å². The van der Waals surface area contributed by atoms with Crippen LogP contribution in [0.15, 0.2) is 6.07 Å². The fourth-order valence-electron chi connectivity index (χ4n) is 6.70. The van der Waals surface area contributed by atoms with Crippen LogP contribution in [0.3, 0.4) is 0 Å². The molecule has 1 aromatic heterocycles. The van der Waals surface area contributed by atoms with Crippen molar-refractivity contribution in [1.82, 2.24) is 20.0 Å². The van der Waals surface area contributed by atoms with Crippen LogP contribution in [0.1, 0.15) is 80.4 Å². The van der Waals surface area contributed by atoms with E-state index in [0.29, 0.717) is 41.9 Å². The van der Waals surface area contributed by atoms with Crippen LogP contribution >= 0.6 is 0 Å². The van der Waals surface area contributed by atoms with E-state index >= 15 is 0 Å². The number of fused-ring (bicyclic) bond motifs is 4. The van der Waals surface area contributed by atoms with Gasteiger partial charge in [0, 0.05) is 37.3 Å². The predicted octanol–water partition coefficient (Wildman–Crippen LogP) is 3.53. The lowest BCUT2D eigenvalue weighted by molar-refractivity contribution is -0.153. The molecule has 4 aliphatic rings. The first-order valence-corrected chi connectivity index (χ1v) is 11.7. The second-order valence-corrected chi connectivity index (χ2v) is 9.97. The van der Waals surface area contributed by atoms with Gasteiger partial charge in [0.2, 0.25) is 5.91 Å². The number of amides is 2. The summed E-state index contributed by atoms with van der Waals surface area (Å²) in [6.07, 6.45) is 11.8. The number of piperidine rings is 3. The minimum atomic E-state index is 0.0519. The molecule has 4 atom stereocenters. The van der Waals surface area contributed by atoms with Crippen LogP contribution in [0.25, 0.3) is 0 Å². The van der Waals surface area contributed by atoms with E-state index < -0.39 is 0 Å². The Labute approximate surface area is 173 Å². The summed E-state index contributed by atoms with van der Waals surface area (Å²) < 4.78 is 0. The molecule has 1 N–H and O–H groups in total. The Morgan fingerprint density at radius 1 is 1.14 bits per heavy atom. The van der Waals surface area contributed by atoms with Crippen molar-refractivity contribution < 1.29 is 9.59 Å². The van der Waals surface area contributed by atoms with Crippen molar-refractivity contribution >= 4 is 11.8 Å². The molecular formula is C23H34N4O2. The number of hydrogen-bond donors (Lipinski definition) is 1. The molecule has 1 aromatic rings. The van der Waals surface area contributed by atoms with Crippen LogP contribution in [-0.4, -0.2) is 57.0 Å². The summed E-state index contributed by atoms with van der Waals surface area (Å²) in [5, 5.41) is 7.11. The molecule has 1 saturated carbocycles. The zero-order valence-electron chi connectivity index (χ0n) is 17.6. The van der Waals surface area contributed by atoms with E-state index in [1.165, 1.54) is 38.5 Å². The third kappa shape index (κ3) is 3.59. The molecule has 29 heavy (non-hydrogen) atoms. The van der Waals surface area contributed by atoms with Gasteiger partial charge in [0.1, 0.15) is 5.69 Å². The average Bonchev–Trinajstić information content (AvgIpc) is 3.17. The van der Waals surface area contributed by atoms with E-state index in [2.05, 4.69) is 15.1 Å². The van der Waals surface area contributed by atoms with Gasteiger partial charge in [-0.25, -0.2) is 0 Å². The number of nitrogens with zero attached hydrogens (tertiary/aromatic N) is 3. The first-order chi connectivity index (χ1) is 14.1. The SMILES string of the molecule is Cc1cc(C(=O)N2C[C@H]3C[C@@H](C2)[C@H](CC2CCCCC2)N2C(=O)CCC[C@@H]32)n[nH]1. The highest BCUT2D eigenvalue weighted by atomic mass is 16.2. The highest BCUT2D eigenvalue weighted by Gasteiger charge is 2.50. The molecule has 5 rings (SSSR count). The van der Waals surface area contributed by atoms with Crippen molar-refractivity contribution in [3.63, 3.8) is 0 Å². The van der Waals surface area contributed by atoms with Crippen molar-refractivity contribution in [2.24, 2.45) is 17.8 Å². The van der Waals surface area contributed by atoms with Crippen molar-refractivity contribution in [2.45, 2.75) is 83.2 Å². The van der Waals surface area contributed by atoms with Gasteiger partial charge in [-0.2, -0.15) is 5.10 Å². The number of aromatic nitrogens is 2. The van der Waals surface area contributed by atoms with Crippen LogP contribution in [0.4, 0.5) is 0 Å². The van der Waals surface area contributed by atoms with Gasteiger partial charge in [-0.15, -0.1) is 0 Å². The fraction of sp³-hybridized carbons (Fsp3) is 0.783. The van der Waals surface area contributed by atoms with Crippen molar-refractivity contribution in [2.75, 3.05) is 13.1 Å². The van der Waals surface area contributed by atoms with Gasteiger partial charge in [-0.05, 0) is 56.4 Å². The van der Waals surface area contributed by atoms with Crippen molar-refractivity contribution in [3.05, 3.63) is 17.5 Å². The van der Waals surface area contributed by atoms with Gasteiger partial charge < -0.3 is 9.80 Å². The number of H-pyrrole nitrogens is 1. The smallest absolute Gasteiger partial charge is 0.274 e. The number of aryl methyl sites for hydroxylation is 1. The molecule has 3 aliphatic heterocycles. The van der Waals surface area contributed by atoms with E-state index in [1.54, 1.807) is 0 Å². The Bertz CT molecular complexity index is 769. The highest BCUT2D eigenvalue weighted by Crippen LogP contribution is 2.44. The summed E-state index contributed by atoms with van der Waals surface area (Å²) in [5.41, 5.74) is 1.45. The maximum absolute atomic E-state index is 13.1. The number of carbonyl (C=O) groups is 2. The molecule has 0 radical (unpaired) electrons. The number of hydrogen-bond acceptors (Lipinski definition) is 3. The van der Waals surface area contributed by atoms with Crippen molar-refractivity contribution in [1.29, 1.82) is 0 Å². The Hall–Kier alpha value is -1.85. The molecule has 3 saturated heterocycles. The number of carbonyl (C=O) groups excluding carboxylic acids is 2. The Kier molecular flexibility index (Phi) is 5.12. The van der Waals surface area contributed by atoms with Crippen LogP contribution in [0, 0.1) is 24.7 Å². The molecule has 2 bridgehead atoms. The second-order valence-electron chi connectivity index (χ2n) is 9.97. The molecule has 6 heteroatoms. The number of likely N-dealkylation sites (tertiary alicyclic amines) is 1. The standard InChI is InChI=1S/C23H34N4O2/c1-15-10-19(25-24-15)23(29)26-13-17-12-18(14-26)21(11-16-6-3-2-4-7-16)27-20(17)8-5-9-22(27)28/h10,16-18,20-21H,2-9,11-14H2,1H3,(H,24,25)/t17-,18+,20+,21+/m1/s1. The van der Waals surface area contributed by atoms with Crippen LogP contribution in [-0.2, 0) is 4.79 Å². The molecule has 6 nitrogen and oxygen atoms in total. The predicted molar refractivity (Wildman–Crippen MR) is 110 cm³/mol. The van der Waals surface area contributed by atoms with E-state index in [4.69, 9.17) is 0 Å². The van der Waals surface area contributed by atoms with Crippen LogP contribution in [0.5, 0.6) is 0 Å². The lowest BCUT2D eigenvalue weighted by atomic mass is 9.69. The van der Waals surface area contributed by atoms with Gasteiger partial charge in [0.05, 0.1) is 0 Å². The Balaban J connectivity index is 1.39. The Morgan fingerprint density at radius 3 is 2.69 bits per heavy atom. The number of nitrogens with one attached hydrogen (secondary N) is 1. The fourth-order valence-corrected chi connectivity index (χ4v) is 6.70. The van der Waals surface area contributed by atoms with E-state index in [9.17, 15) is 9.59 Å². The highest BCUT2D eigenvalue weighted by molar-refractivity contribution is 5.92. The van der Waals surface area contributed by atoms with E-state index in [-0.39, 0.29) is 5.91 Å². The summed E-state index contributed by atoms with van der Waals surface area (Å²) >= 11 is 0. The molecule has 0 spiro atoms. The van der Waals surface area contributed by atoms with Crippen LogP contribution < -0.4 is 0 Å². The Morgan fingerprint density at radius 2 is 1.93 bits per heavy atom. The molecule has 158 valence electrons. The molecule has 2 amide bonds. The van der Waals surface area contributed by atoms with Gasteiger partial charge >= 0.3 is 0 Å². The quantitative estimate of drug-likeness (QED) is 0.847. The molecule has 4 heterocycles. The largest absolute Gasteiger partial charge is 0.337 e. The lowest BCUT2D eigenvalue weighted by Gasteiger charge is -2.57. The summed E-state index contributed by atoms with van der Waals surface area (Å²) in [7, 11) is 0. The lowest BCUT2D eigenvalue weighted by Crippen LogP contribution is -2.65. The molecular weight excluding hydrogens is 364 g/mol. The monoisotopic (exact) mass is 398 g/mol. The van der Waals surface area contributed by atoms with Crippen molar-refractivity contribution in [3.8, 4) is 0 Å². The third-order valence-corrected chi connectivity index (χ3v) is 8.01. The van der Waals surface area contributed by atoms with Gasteiger partial charge in [0.15, 0.2) is 0 Å². The van der Waals surface area contributed by atoms with Gasteiger partial charge in [-0.3, -0.25) is 14.7 Å². The molecule has 1 aliphatic carbocycles. The van der Waals surface area contributed by atoms with Gasteiger partial charge in [0.25, 0.3) is 5.91 Å². The number of rotatable bonds is 3. The first kappa shape index (κ1) is 19.1. The maximum atomic E-state index is 13.1. The average molecular weight is 399 g/mol. The van der Waals surface area contributed by atoms with Crippen LogP contribution in [0.2, 0.25) is 0 Å². The maximum Gasteiger partial charge on any atom is 0.274 e. The molecule has 0 aromatic carbocycles. The second kappa shape index (κ2) is 7.77. The summed E-state index contributed by atoms with van der Waals surface area (Å²) in [6.45, 7) is 3.47. The summed E-state index contributed by atoms with van der Waals surface area (Å²) in [5.74, 6) is 2.01. The molecule has 4 fully saturated rings. The zero-order chi connectivity index (χ0) is 20.0. The normalized spacial score (nSPS) is 32.9. The summed E-state index contributed by atoms with van der Waals surface area (Å²) in [6, 6.07) is 2.50. The zero-order valence-corrected chi connectivity index (χ0v) is 17.6.